The average molecular weight is 1140 g/mol. The van der Waals surface area contributed by atoms with E-state index in [9.17, 15) is 77.6 Å². The molecule has 30 nitrogen and oxygen atoms in total. The number of likely N-dealkylation sites (N-methyl/N-ethyl adjacent to an activating group) is 1. The Labute approximate surface area is 450 Å². The Kier molecular flexibility index (Phi) is 33.2. The second-order valence-electron chi connectivity index (χ2n) is 17.4. The van der Waals surface area contributed by atoms with Crippen LogP contribution in [0.2, 0.25) is 0 Å². The fourth-order valence-electron chi connectivity index (χ4n) is 7.13. The summed E-state index contributed by atoms with van der Waals surface area (Å²) in [7, 11) is 3.35. The molecule has 430 valence electrons. The first-order chi connectivity index (χ1) is 35.7. The van der Waals surface area contributed by atoms with Crippen molar-refractivity contribution in [1.29, 1.82) is 0 Å². The van der Waals surface area contributed by atoms with E-state index < -0.39 is 152 Å². The number of nitrogens with two attached hydrogens (primary N) is 3. The predicted molar refractivity (Wildman–Crippen MR) is 270 cm³/mol. The quantitative estimate of drug-likeness (QED) is 0.0206. The first-order valence-corrected chi connectivity index (χ1v) is 27.6. The maximum absolute atomic E-state index is 13.6. The molecule has 76 heavy (non-hydrogen) atoms. The molecule has 1 rings (SSSR count). The number of aliphatic carboxylic acids is 4. The molecule has 6 unspecified atom stereocenters. The molecule has 1 saturated heterocycles. The first kappa shape index (κ1) is 68.2. The van der Waals surface area contributed by atoms with Gasteiger partial charge < -0.3 is 83.9 Å². The van der Waals surface area contributed by atoms with Gasteiger partial charge in [-0.2, -0.15) is 11.8 Å². The molecule has 0 spiro atoms. The standard InChI is InChI=1S/C43H73N13O17S3/c1-25(57)26(51-43(73)28(52-42(72)27(47-2)6-9-35(61)62)5-8-33(59)48-29(22-74-3)39(44)69)4-7-32(58)49-30(40(45)70)23-75-76-24-31(41(46)71)50-34(60)18-53-10-12-54(19-36(63)64)14-16-56(21-38(67)68)17-15-55(13-11-53)20-37(65)66/h26-31,47H,4-24H2,1-3H3,(H2,44,69)(H2,45,70)(H2,46,71)(H,48,59)(H,49,58)(H,50,60)(H,51,73)(H,52,72)(H,61,62)(H,63,64)(H,65,66)(H,67,68)/p-3. The van der Waals surface area contributed by atoms with Crippen LogP contribution in [0.5, 0.6) is 0 Å². The smallest absolute Gasteiger partial charge is 0.303 e. The van der Waals surface area contributed by atoms with Gasteiger partial charge in [0.2, 0.25) is 47.3 Å². The lowest BCUT2D eigenvalue weighted by molar-refractivity contribution is -0.308. The summed E-state index contributed by atoms with van der Waals surface area (Å²) in [6.07, 6.45) is -0.391. The van der Waals surface area contributed by atoms with E-state index in [1.165, 1.54) is 33.5 Å². The maximum Gasteiger partial charge on any atom is 0.303 e. The van der Waals surface area contributed by atoms with Crippen LogP contribution in [0.3, 0.4) is 0 Å². The number of amides is 8. The van der Waals surface area contributed by atoms with Crippen molar-refractivity contribution in [3.63, 3.8) is 0 Å². The number of thioether (sulfide) groups is 1. The molecule has 0 aliphatic carbocycles. The van der Waals surface area contributed by atoms with Gasteiger partial charge in [0.05, 0.1) is 36.5 Å². The van der Waals surface area contributed by atoms with Crippen LogP contribution in [0.15, 0.2) is 0 Å². The fourth-order valence-corrected chi connectivity index (χ4v) is 10.1. The van der Waals surface area contributed by atoms with E-state index in [-0.39, 0.29) is 95.4 Å². The third kappa shape index (κ3) is 30.0. The van der Waals surface area contributed by atoms with E-state index in [0.717, 1.165) is 28.5 Å². The summed E-state index contributed by atoms with van der Waals surface area (Å²) in [6, 6.07) is -7.46. The van der Waals surface area contributed by atoms with Gasteiger partial charge in [0, 0.05) is 109 Å². The van der Waals surface area contributed by atoms with Crippen LogP contribution in [0.1, 0.15) is 45.4 Å². The van der Waals surface area contributed by atoms with Gasteiger partial charge in [0.15, 0.2) is 5.78 Å². The number of carboxylic acids is 4. The van der Waals surface area contributed by atoms with Crippen LogP contribution in [0.4, 0.5) is 0 Å². The van der Waals surface area contributed by atoms with Crippen molar-refractivity contribution in [3.05, 3.63) is 0 Å². The van der Waals surface area contributed by atoms with Crippen LogP contribution in [0.25, 0.3) is 0 Å². The van der Waals surface area contributed by atoms with Crippen molar-refractivity contribution in [1.82, 2.24) is 51.5 Å². The molecule has 1 heterocycles. The lowest BCUT2D eigenvalue weighted by Crippen LogP contribution is -2.55. The highest BCUT2D eigenvalue weighted by Crippen LogP contribution is 2.23. The van der Waals surface area contributed by atoms with Gasteiger partial charge in [-0.05, 0) is 39.5 Å². The van der Waals surface area contributed by atoms with Crippen LogP contribution < -0.4 is 64.4 Å². The number of hydrogen-bond acceptors (Lipinski definition) is 24. The SMILES string of the molecule is CNC(CCC(=O)O)C(=O)NC(CCC(=O)NC(CSC)C(N)=O)C(=O)NC(CCC(=O)NC(CSSCC(NC(=O)CN1CCN(CC(=O)[O-])CCN(CC(=O)[O-])CCN(CC(=O)[O-])CC1)C(N)=O)C(N)=O)C(C)=O. The van der Waals surface area contributed by atoms with Crippen molar-refractivity contribution in [3.8, 4) is 0 Å². The molecule has 33 heteroatoms. The van der Waals surface area contributed by atoms with Gasteiger partial charge in [-0.3, -0.25) is 67.5 Å². The lowest BCUT2D eigenvalue weighted by atomic mass is 10.0. The molecule has 1 aliphatic rings. The summed E-state index contributed by atoms with van der Waals surface area (Å²) in [4.78, 5) is 167. The Bertz CT molecular complexity index is 2000. The second-order valence-corrected chi connectivity index (χ2v) is 20.9. The highest BCUT2D eigenvalue weighted by Gasteiger charge is 2.30. The predicted octanol–water partition coefficient (Wildman–Crippen LogP) is -10.3. The highest BCUT2D eigenvalue weighted by atomic mass is 33.1. The highest BCUT2D eigenvalue weighted by molar-refractivity contribution is 8.76. The third-order valence-corrected chi connectivity index (χ3v) is 14.4. The Morgan fingerprint density at radius 3 is 1.14 bits per heavy atom. The molecule has 0 aromatic carbocycles. The van der Waals surface area contributed by atoms with E-state index in [0.29, 0.717) is 0 Å². The number of nitrogens with one attached hydrogen (secondary N) is 6. The topological polar surface area (TPSA) is 475 Å². The maximum atomic E-state index is 13.6. The molecular formula is C43H70N13O17S3-3. The zero-order valence-corrected chi connectivity index (χ0v) is 45.0. The minimum Gasteiger partial charge on any atom is -0.549 e. The molecule has 0 aromatic rings. The number of rotatable bonds is 36. The summed E-state index contributed by atoms with van der Waals surface area (Å²) in [5.74, 6) is -12.7. The number of hydrogen-bond donors (Lipinski definition) is 10. The summed E-state index contributed by atoms with van der Waals surface area (Å²) >= 11 is 1.24. The number of carbonyl (C=O) groups excluding carboxylic acids is 12. The molecule has 1 fully saturated rings. The number of nitrogens with zero attached hydrogens (tertiary/aromatic N) is 4. The summed E-state index contributed by atoms with van der Waals surface area (Å²) in [5, 5.41) is 58.4. The van der Waals surface area contributed by atoms with Gasteiger partial charge >= 0.3 is 5.97 Å². The zero-order chi connectivity index (χ0) is 57.5. The summed E-state index contributed by atoms with van der Waals surface area (Å²) in [5.41, 5.74) is 16.5. The van der Waals surface area contributed by atoms with Crippen LogP contribution >= 0.6 is 33.3 Å². The van der Waals surface area contributed by atoms with Gasteiger partial charge in [-0.25, -0.2) is 0 Å². The molecule has 0 saturated carbocycles. The number of carboxylic acid groups (broad SMARTS) is 4. The second kappa shape index (κ2) is 37.0. The molecule has 0 bridgehead atoms. The molecule has 6 atom stereocenters. The largest absolute Gasteiger partial charge is 0.549 e. The van der Waals surface area contributed by atoms with Crippen LogP contribution in [0, 0.1) is 0 Å². The first-order valence-electron chi connectivity index (χ1n) is 23.7. The Hall–Kier alpha value is -5.84. The molecule has 0 aromatic heterocycles. The van der Waals surface area contributed by atoms with Crippen molar-refractivity contribution < 1.29 is 82.8 Å². The summed E-state index contributed by atoms with van der Waals surface area (Å²) < 4.78 is 0. The van der Waals surface area contributed by atoms with Gasteiger partial charge in [-0.1, -0.05) is 21.6 Å². The van der Waals surface area contributed by atoms with Crippen molar-refractivity contribution in [2.45, 2.75) is 81.7 Å². The monoisotopic (exact) mass is 1140 g/mol. The van der Waals surface area contributed by atoms with Gasteiger partial charge in [0.25, 0.3) is 0 Å². The number of ketones is 1. The molecule has 0 radical (unpaired) electrons. The van der Waals surface area contributed by atoms with Crippen molar-refractivity contribution >= 4 is 110 Å². The van der Waals surface area contributed by atoms with Crippen LogP contribution in [-0.2, 0) is 62.3 Å². The van der Waals surface area contributed by atoms with E-state index in [2.05, 4.69) is 31.9 Å². The van der Waals surface area contributed by atoms with Crippen LogP contribution in [-0.4, -0.2) is 247 Å². The average Bonchev–Trinajstić information content (AvgIpc) is 3.31. The lowest BCUT2D eigenvalue weighted by Gasteiger charge is -2.34. The zero-order valence-electron chi connectivity index (χ0n) is 42.5. The molecule has 8 amide bonds. The fraction of sp³-hybridized carbons (Fsp3) is 0.698. The Morgan fingerprint density at radius 2 is 0.803 bits per heavy atom. The van der Waals surface area contributed by atoms with E-state index in [1.807, 2.05) is 0 Å². The van der Waals surface area contributed by atoms with Crippen molar-refractivity contribution in [2.24, 2.45) is 17.2 Å². The summed E-state index contributed by atoms with van der Waals surface area (Å²) in [6.45, 7) is -0.0871. The normalized spacial score (nSPS) is 16.6. The minimum atomic E-state index is -1.47. The number of carbonyl (C=O) groups is 13. The van der Waals surface area contributed by atoms with Gasteiger partial charge in [-0.15, -0.1) is 0 Å². The van der Waals surface area contributed by atoms with E-state index in [4.69, 9.17) is 22.3 Å². The molecule has 1 aliphatic heterocycles. The third-order valence-electron chi connectivity index (χ3n) is 11.3. The van der Waals surface area contributed by atoms with Gasteiger partial charge in [0.1, 0.15) is 24.2 Å². The number of primary amides is 3. The minimum absolute atomic E-state index is 0.0707. The van der Waals surface area contributed by atoms with Crippen molar-refractivity contribution in [2.75, 3.05) is 109 Å². The Morgan fingerprint density at radius 1 is 0.474 bits per heavy atom. The number of Topliss-reactive ketones (excluding diaryl/α,β-unsaturated/α-hetero) is 1. The Balaban J connectivity index is 2.99. The molecule has 13 N–H and O–H groups in total. The van der Waals surface area contributed by atoms with E-state index >= 15 is 0 Å². The molecular weight excluding hydrogens is 1070 g/mol. The van der Waals surface area contributed by atoms with E-state index in [1.54, 1.807) is 11.2 Å².